The molecule has 0 N–H and O–H groups in total. The van der Waals surface area contributed by atoms with E-state index in [-0.39, 0.29) is 0 Å². The van der Waals surface area contributed by atoms with Gasteiger partial charge in [0, 0.05) is 6.54 Å². The first kappa shape index (κ1) is 15.0. The second-order valence-corrected chi connectivity index (χ2v) is 4.77. The molecular weight excluding hydrogens is 218 g/mol. The summed E-state index contributed by atoms with van der Waals surface area (Å²) in [6, 6.07) is 9.04. The number of nitrogens with zero attached hydrogens (tertiary/aromatic N) is 1. The van der Waals surface area contributed by atoms with Crippen molar-refractivity contribution < 1.29 is 0 Å². The van der Waals surface area contributed by atoms with Crippen LogP contribution in [0.1, 0.15) is 43.7 Å². The summed E-state index contributed by atoms with van der Waals surface area (Å²) in [7, 11) is 0. The zero-order valence-corrected chi connectivity index (χ0v) is 12.2. The molecule has 2 rings (SSSR count). The molecule has 1 fully saturated rings. The van der Waals surface area contributed by atoms with E-state index in [4.69, 9.17) is 0 Å². The summed E-state index contributed by atoms with van der Waals surface area (Å²) in [4.78, 5) is 2.48. The van der Waals surface area contributed by atoms with Crippen molar-refractivity contribution in [2.75, 3.05) is 19.6 Å². The van der Waals surface area contributed by atoms with Gasteiger partial charge < -0.3 is 0 Å². The van der Waals surface area contributed by atoms with Crippen molar-refractivity contribution in [2.45, 2.75) is 39.5 Å². The molecule has 1 aliphatic heterocycles. The molecule has 0 aromatic heterocycles. The number of aryl methyl sites for hydroxylation is 1. The van der Waals surface area contributed by atoms with Gasteiger partial charge in [0.05, 0.1) is 0 Å². The molecule has 1 nitrogen and oxygen atoms in total. The average Bonchev–Trinajstić information content (AvgIpc) is 2.43. The topological polar surface area (TPSA) is 3.24 Å². The average molecular weight is 245 g/mol. The Morgan fingerprint density at radius 2 is 1.72 bits per heavy atom. The molecule has 0 spiro atoms. The molecule has 0 bridgehead atoms. The Bertz CT molecular complexity index is 331. The Labute approximate surface area is 113 Å². The van der Waals surface area contributed by atoms with Crippen molar-refractivity contribution in [1.29, 1.82) is 0 Å². The van der Waals surface area contributed by atoms with Crippen LogP contribution < -0.4 is 0 Å². The van der Waals surface area contributed by atoms with Crippen molar-refractivity contribution in [3.8, 4) is 0 Å². The maximum absolute atomic E-state index is 3.80. The van der Waals surface area contributed by atoms with E-state index in [1.54, 1.807) is 0 Å². The molecule has 100 valence electrons. The Kier molecular flexibility index (Phi) is 6.74. The van der Waals surface area contributed by atoms with E-state index in [9.17, 15) is 0 Å². The van der Waals surface area contributed by atoms with Crippen LogP contribution in [0, 0.1) is 6.92 Å². The fourth-order valence-corrected chi connectivity index (χ4v) is 2.47. The van der Waals surface area contributed by atoms with Gasteiger partial charge in [-0.1, -0.05) is 49.8 Å². The van der Waals surface area contributed by atoms with Crippen LogP contribution in [0.15, 0.2) is 36.9 Å². The first-order valence-corrected chi connectivity index (χ1v) is 7.19. The second kappa shape index (κ2) is 8.10. The highest BCUT2D eigenvalue weighted by molar-refractivity contribution is 5.24. The van der Waals surface area contributed by atoms with Crippen LogP contribution in [0.4, 0.5) is 0 Å². The Morgan fingerprint density at radius 1 is 1.17 bits per heavy atom. The molecule has 0 aliphatic carbocycles. The van der Waals surface area contributed by atoms with E-state index in [0.29, 0.717) is 0 Å². The number of piperidine rings is 1. The zero-order chi connectivity index (χ0) is 13.4. The lowest BCUT2D eigenvalue weighted by atomic mass is 9.89. The molecule has 0 saturated carbocycles. The molecular formula is C17H27N. The SMILES string of the molecule is C=CCN1CCC(c2ccc(C)cc2)CC1.CC. The summed E-state index contributed by atoms with van der Waals surface area (Å²) in [6.07, 6.45) is 4.58. The fraction of sp³-hybridized carbons (Fsp3) is 0.529. The normalized spacial score (nSPS) is 16.8. The third kappa shape index (κ3) is 4.30. The summed E-state index contributed by atoms with van der Waals surface area (Å²) >= 11 is 0. The van der Waals surface area contributed by atoms with Crippen LogP contribution in [0.25, 0.3) is 0 Å². The van der Waals surface area contributed by atoms with Gasteiger partial charge >= 0.3 is 0 Å². The lowest BCUT2D eigenvalue weighted by Gasteiger charge is -2.31. The maximum Gasteiger partial charge on any atom is 0.0160 e. The summed E-state index contributed by atoms with van der Waals surface area (Å²) in [5, 5.41) is 0. The first-order valence-electron chi connectivity index (χ1n) is 7.19. The molecule has 1 saturated heterocycles. The van der Waals surface area contributed by atoms with Gasteiger partial charge in [-0.25, -0.2) is 0 Å². The van der Waals surface area contributed by atoms with Crippen LogP contribution in [-0.4, -0.2) is 24.5 Å². The van der Waals surface area contributed by atoms with Gasteiger partial charge in [-0.2, -0.15) is 0 Å². The van der Waals surface area contributed by atoms with Gasteiger partial charge in [-0.05, 0) is 44.3 Å². The predicted molar refractivity (Wildman–Crippen MR) is 81.1 cm³/mol. The number of benzene rings is 1. The molecule has 1 aromatic carbocycles. The number of hydrogen-bond donors (Lipinski definition) is 0. The number of hydrogen-bond acceptors (Lipinski definition) is 1. The summed E-state index contributed by atoms with van der Waals surface area (Å²) in [5.74, 6) is 0.765. The standard InChI is InChI=1S/C15H21N.C2H6/c1-3-10-16-11-8-15(9-12-16)14-6-4-13(2)5-7-14;1-2/h3-7,15H,1,8-12H2,2H3;1-2H3. The van der Waals surface area contributed by atoms with Gasteiger partial charge in [-0.3, -0.25) is 4.90 Å². The Hall–Kier alpha value is -1.08. The van der Waals surface area contributed by atoms with Crippen molar-refractivity contribution in [3.05, 3.63) is 48.0 Å². The highest BCUT2D eigenvalue weighted by Gasteiger charge is 2.19. The smallest absolute Gasteiger partial charge is 0.0160 e. The van der Waals surface area contributed by atoms with E-state index >= 15 is 0 Å². The summed E-state index contributed by atoms with van der Waals surface area (Å²) < 4.78 is 0. The first-order chi connectivity index (χ1) is 8.79. The minimum Gasteiger partial charge on any atom is -0.300 e. The highest BCUT2D eigenvalue weighted by atomic mass is 15.1. The number of rotatable bonds is 3. The zero-order valence-electron chi connectivity index (χ0n) is 12.2. The molecule has 1 heterocycles. The fourth-order valence-electron chi connectivity index (χ4n) is 2.47. The van der Waals surface area contributed by atoms with Crippen LogP contribution >= 0.6 is 0 Å². The highest BCUT2D eigenvalue weighted by Crippen LogP contribution is 2.27. The second-order valence-electron chi connectivity index (χ2n) is 4.77. The third-order valence-corrected chi connectivity index (χ3v) is 3.52. The minimum atomic E-state index is 0.765. The lowest BCUT2D eigenvalue weighted by molar-refractivity contribution is 0.232. The summed E-state index contributed by atoms with van der Waals surface area (Å²) in [5.41, 5.74) is 2.87. The maximum atomic E-state index is 3.80. The molecule has 1 aromatic rings. The van der Waals surface area contributed by atoms with Gasteiger partial charge in [-0.15, -0.1) is 6.58 Å². The molecule has 0 amide bonds. The summed E-state index contributed by atoms with van der Waals surface area (Å²) in [6.45, 7) is 13.4. The van der Waals surface area contributed by atoms with Crippen LogP contribution in [0.2, 0.25) is 0 Å². The quantitative estimate of drug-likeness (QED) is 0.714. The molecule has 1 heteroatoms. The van der Waals surface area contributed by atoms with E-state index < -0.39 is 0 Å². The van der Waals surface area contributed by atoms with Crippen molar-refractivity contribution in [2.24, 2.45) is 0 Å². The predicted octanol–water partition coefficient (Wildman–Crippen LogP) is 4.39. The molecule has 18 heavy (non-hydrogen) atoms. The van der Waals surface area contributed by atoms with Crippen molar-refractivity contribution >= 4 is 0 Å². The van der Waals surface area contributed by atoms with E-state index in [1.165, 1.54) is 37.1 Å². The van der Waals surface area contributed by atoms with Gasteiger partial charge in [0.1, 0.15) is 0 Å². The monoisotopic (exact) mass is 245 g/mol. The van der Waals surface area contributed by atoms with E-state index in [0.717, 1.165) is 12.5 Å². The van der Waals surface area contributed by atoms with E-state index in [2.05, 4.69) is 42.7 Å². The number of likely N-dealkylation sites (tertiary alicyclic amines) is 1. The van der Waals surface area contributed by atoms with Crippen LogP contribution in [0.3, 0.4) is 0 Å². The van der Waals surface area contributed by atoms with Crippen molar-refractivity contribution in [1.82, 2.24) is 4.90 Å². The molecule has 0 unspecified atom stereocenters. The van der Waals surface area contributed by atoms with Gasteiger partial charge in [0.25, 0.3) is 0 Å². The molecule has 0 radical (unpaired) electrons. The molecule has 0 atom stereocenters. The minimum absolute atomic E-state index is 0.765. The van der Waals surface area contributed by atoms with Crippen molar-refractivity contribution in [3.63, 3.8) is 0 Å². The largest absolute Gasteiger partial charge is 0.300 e. The van der Waals surface area contributed by atoms with Crippen LogP contribution in [-0.2, 0) is 0 Å². The van der Waals surface area contributed by atoms with Gasteiger partial charge in [0.2, 0.25) is 0 Å². The molecule has 1 aliphatic rings. The van der Waals surface area contributed by atoms with Crippen LogP contribution in [0.5, 0.6) is 0 Å². The Balaban J connectivity index is 0.000000771. The Morgan fingerprint density at radius 3 is 2.22 bits per heavy atom. The van der Waals surface area contributed by atoms with E-state index in [1.807, 2.05) is 19.9 Å². The van der Waals surface area contributed by atoms with Gasteiger partial charge in [0.15, 0.2) is 0 Å². The lowest BCUT2D eigenvalue weighted by Crippen LogP contribution is -2.32. The third-order valence-electron chi connectivity index (χ3n) is 3.52.